The maximum Gasteiger partial charge on any atom is 0.339 e. The first kappa shape index (κ1) is 19.3. The largest absolute Gasteiger partial charge is 0.449 e. The number of hydrazine groups is 1. The van der Waals surface area contributed by atoms with Crippen molar-refractivity contribution in [2.45, 2.75) is 13.0 Å². The van der Waals surface area contributed by atoms with E-state index in [1.807, 2.05) is 0 Å². The molecule has 0 aliphatic carbocycles. The Morgan fingerprint density at radius 3 is 2.43 bits per heavy atom. The first-order chi connectivity index (χ1) is 13.5. The summed E-state index contributed by atoms with van der Waals surface area (Å²) < 4.78 is 5.21. The van der Waals surface area contributed by atoms with Gasteiger partial charge in [-0.15, -0.1) is 0 Å². The van der Waals surface area contributed by atoms with Crippen molar-refractivity contribution in [2.75, 3.05) is 0 Å². The maximum absolute atomic E-state index is 12.5. The summed E-state index contributed by atoms with van der Waals surface area (Å²) in [6.07, 6.45) is -1.14. The molecule has 2 aromatic carbocycles. The fourth-order valence-electron chi connectivity index (χ4n) is 2.47. The molecule has 142 valence electrons. The van der Waals surface area contributed by atoms with Crippen LogP contribution in [0.4, 0.5) is 0 Å². The lowest BCUT2D eigenvalue weighted by Crippen LogP contribution is -2.46. The summed E-state index contributed by atoms with van der Waals surface area (Å²) in [7, 11) is 0. The number of fused-ring (bicyclic) bond motifs is 1. The third-order valence-electron chi connectivity index (χ3n) is 3.89. The van der Waals surface area contributed by atoms with Gasteiger partial charge in [-0.2, -0.15) is 0 Å². The molecule has 0 fully saturated rings. The molecule has 28 heavy (non-hydrogen) atoms. The summed E-state index contributed by atoms with van der Waals surface area (Å²) in [6.45, 7) is 1.40. The van der Waals surface area contributed by atoms with Crippen LogP contribution in [0.3, 0.4) is 0 Å². The quantitative estimate of drug-likeness (QED) is 0.401. The predicted molar refractivity (Wildman–Crippen MR) is 104 cm³/mol. The first-order valence-electron chi connectivity index (χ1n) is 8.37. The molecule has 1 heterocycles. The van der Waals surface area contributed by atoms with Gasteiger partial charge in [0.15, 0.2) is 6.10 Å². The Morgan fingerprint density at radius 1 is 1.00 bits per heavy atom. The van der Waals surface area contributed by atoms with E-state index >= 15 is 0 Å². The Hall–Kier alpha value is -3.45. The molecule has 2 N–H and O–H groups in total. The van der Waals surface area contributed by atoms with Gasteiger partial charge in [-0.3, -0.25) is 20.4 Å². The van der Waals surface area contributed by atoms with Gasteiger partial charge in [-0.25, -0.2) is 9.78 Å². The molecule has 8 heteroatoms. The molecule has 1 aromatic heterocycles. The highest BCUT2D eigenvalue weighted by molar-refractivity contribution is 6.30. The summed E-state index contributed by atoms with van der Waals surface area (Å²) in [5.41, 5.74) is 5.62. The molecular formula is C20H16ClN3O4. The molecule has 3 aromatic rings. The number of nitrogens with zero attached hydrogens (tertiary/aromatic N) is 1. The number of aromatic nitrogens is 1. The molecule has 0 saturated heterocycles. The minimum Gasteiger partial charge on any atom is -0.449 e. The fourth-order valence-corrected chi connectivity index (χ4v) is 2.67. The van der Waals surface area contributed by atoms with Crippen LogP contribution in [-0.2, 0) is 9.53 Å². The van der Waals surface area contributed by atoms with Crippen LogP contribution in [-0.4, -0.2) is 28.9 Å². The van der Waals surface area contributed by atoms with Crippen LogP contribution in [0.15, 0.2) is 60.7 Å². The van der Waals surface area contributed by atoms with E-state index in [9.17, 15) is 14.4 Å². The number of amides is 2. The van der Waals surface area contributed by atoms with E-state index in [4.69, 9.17) is 16.3 Å². The zero-order valence-corrected chi connectivity index (χ0v) is 15.6. The van der Waals surface area contributed by atoms with Crippen LogP contribution in [0.1, 0.15) is 27.6 Å². The van der Waals surface area contributed by atoms with E-state index in [1.165, 1.54) is 13.0 Å². The summed E-state index contributed by atoms with van der Waals surface area (Å²) >= 11 is 5.96. The molecule has 3 rings (SSSR count). The van der Waals surface area contributed by atoms with Crippen LogP contribution >= 0.6 is 11.6 Å². The monoisotopic (exact) mass is 397 g/mol. The molecule has 0 saturated carbocycles. The van der Waals surface area contributed by atoms with Crippen LogP contribution < -0.4 is 10.9 Å². The van der Waals surface area contributed by atoms with Crippen molar-refractivity contribution in [2.24, 2.45) is 0 Å². The van der Waals surface area contributed by atoms with E-state index in [-0.39, 0.29) is 10.7 Å². The number of rotatable bonds is 4. The summed E-state index contributed by atoms with van der Waals surface area (Å²) in [4.78, 5) is 40.7. The molecule has 0 unspecified atom stereocenters. The molecule has 0 spiro atoms. The van der Waals surface area contributed by atoms with Crippen LogP contribution in [0, 0.1) is 0 Å². The lowest BCUT2D eigenvalue weighted by Gasteiger charge is -2.15. The summed E-state index contributed by atoms with van der Waals surface area (Å²) in [6, 6.07) is 16.7. The smallest absolute Gasteiger partial charge is 0.339 e. The highest BCUT2D eigenvalue weighted by Gasteiger charge is 2.21. The van der Waals surface area contributed by atoms with Crippen LogP contribution in [0.2, 0.25) is 5.15 Å². The Bertz CT molecular complexity index is 1040. The number of para-hydroxylation sites is 1. The van der Waals surface area contributed by atoms with Crippen LogP contribution in [0.5, 0.6) is 0 Å². The summed E-state index contributed by atoms with van der Waals surface area (Å²) in [5.74, 6) is -1.89. The number of benzene rings is 2. The molecule has 0 bridgehead atoms. The number of halogens is 1. The average Bonchev–Trinajstić information content (AvgIpc) is 2.71. The Kier molecular flexibility index (Phi) is 5.86. The first-order valence-corrected chi connectivity index (χ1v) is 8.75. The number of ether oxygens (including phenoxy) is 1. The second kappa shape index (κ2) is 8.49. The second-order valence-electron chi connectivity index (χ2n) is 5.87. The Morgan fingerprint density at radius 2 is 1.68 bits per heavy atom. The van der Waals surface area contributed by atoms with E-state index in [0.717, 1.165) is 0 Å². The van der Waals surface area contributed by atoms with Gasteiger partial charge >= 0.3 is 5.97 Å². The lowest BCUT2D eigenvalue weighted by molar-refractivity contribution is -0.129. The van der Waals surface area contributed by atoms with Gasteiger partial charge in [0, 0.05) is 10.9 Å². The molecule has 7 nitrogen and oxygen atoms in total. The van der Waals surface area contributed by atoms with Gasteiger partial charge < -0.3 is 4.74 Å². The maximum atomic E-state index is 12.5. The molecule has 0 aliphatic heterocycles. The number of pyridine rings is 1. The highest BCUT2D eigenvalue weighted by Crippen LogP contribution is 2.22. The fraction of sp³-hybridized carbons (Fsp3) is 0.100. The number of esters is 1. The average molecular weight is 398 g/mol. The highest BCUT2D eigenvalue weighted by atomic mass is 35.5. The van der Waals surface area contributed by atoms with Gasteiger partial charge in [0.05, 0.1) is 11.1 Å². The van der Waals surface area contributed by atoms with Crippen molar-refractivity contribution in [1.82, 2.24) is 15.8 Å². The number of carbonyl (C=O) groups is 3. The molecular weight excluding hydrogens is 382 g/mol. The zero-order chi connectivity index (χ0) is 20.1. The van der Waals surface area contributed by atoms with Gasteiger partial charge in [0.1, 0.15) is 5.15 Å². The standard InChI is InChI=1S/C20H16ClN3O4/c1-12(18(25)23-24-19(26)13-7-3-2-4-8-13)28-20(27)15-11-17(21)22-16-10-6-5-9-14(15)16/h2-12H,1H3,(H,23,25)(H,24,26)/t12-/m0/s1. The van der Waals surface area contributed by atoms with E-state index in [2.05, 4.69) is 15.8 Å². The van der Waals surface area contributed by atoms with E-state index in [0.29, 0.717) is 16.5 Å². The van der Waals surface area contributed by atoms with Gasteiger partial charge in [-0.05, 0) is 31.2 Å². The molecule has 0 radical (unpaired) electrons. The number of carbonyl (C=O) groups excluding carboxylic acids is 3. The predicted octanol–water partition coefficient (Wildman–Crippen LogP) is 2.89. The van der Waals surface area contributed by atoms with E-state index < -0.39 is 23.9 Å². The summed E-state index contributed by atoms with van der Waals surface area (Å²) in [5, 5.41) is 0.694. The van der Waals surface area contributed by atoms with Crippen molar-refractivity contribution in [1.29, 1.82) is 0 Å². The third-order valence-corrected chi connectivity index (χ3v) is 4.09. The van der Waals surface area contributed by atoms with Crippen molar-refractivity contribution in [3.05, 3.63) is 76.9 Å². The van der Waals surface area contributed by atoms with E-state index in [1.54, 1.807) is 54.6 Å². The Labute approximate surface area is 165 Å². The van der Waals surface area contributed by atoms with Gasteiger partial charge in [-0.1, -0.05) is 48.0 Å². The Balaban J connectivity index is 1.64. The SMILES string of the molecule is C[C@H](OC(=O)c1cc(Cl)nc2ccccc12)C(=O)NNC(=O)c1ccccc1. The van der Waals surface area contributed by atoms with Crippen LogP contribution in [0.25, 0.3) is 10.9 Å². The molecule has 1 atom stereocenters. The normalized spacial score (nSPS) is 11.5. The number of hydrogen-bond donors (Lipinski definition) is 2. The third kappa shape index (κ3) is 4.44. The minimum absolute atomic E-state index is 0.137. The topological polar surface area (TPSA) is 97.4 Å². The number of hydrogen-bond acceptors (Lipinski definition) is 5. The van der Waals surface area contributed by atoms with Crippen molar-refractivity contribution >= 4 is 40.3 Å². The minimum atomic E-state index is -1.14. The lowest BCUT2D eigenvalue weighted by atomic mass is 10.1. The van der Waals surface area contributed by atoms with Gasteiger partial charge in [0.25, 0.3) is 11.8 Å². The molecule has 0 aliphatic rings. The number of nitrogens with one attached hydrogen (secondary N) is 2. The zero-order valence-electron chi connectivity index (χ0n) is 14.8. The van der Waals surface area contributed by atoms with Crippen molar-refractivity contribution < 1.29 is 19.1 Å². The second-order valence-corrected chi connectivity index (χ2v) is 6.25. The van der Waals surface area contributed by atoms with Gasteiger partial charge in [0.2, 0.25) is 0 Å². The van der Waals surface area contributed by atoms with Crippen molar-refractivity contribution in [3.63, 3.8) is 0 Å². The van der Waals surface area contributed by atoms with Crippen molar-refractivity contribution in [3.8, 4) is 0 Å². The molecule has 2 amide bonds.